The Hall–Kier alpha value is -2.88. The summed E-state index contributed by atoms with van der Waals surface area (Å²) in [5.74, 6) is -0.416. The third kappa shape index (κ3) is 9.95. The molecule has 0 aliphatic carbocycles. The Kier molecular flexibility index (Phi) is 10.3. The van der Waals surface area contributed by atoms with E-state index in [-0.39, 0.29) is 11.8 Å². The molecule has 128 valence electrons. The van der Waals surface area contributed by atoms with Crippen molar-refractivity contribution in [2.75, 3.05) is 0 Å². The number of carbonyl (C=O) groups excluding carboxylic acids is 2. The van der Waals surface area contributed by atoms with E-state index < -0.39 is 0 Å². The average molecular weight is 326 g/mol. The van der Waals surface area contributed by atoms with Crippen molar-refractivity contribution in [1.82, 2.24) is 10.6 Å². The van der Waals surface area contributed by atoms with Crippen LogP contribution in [0.2, 0.25) is 0 Å². The average Bonchev–Trinajstić information content (AvgIpc) is 2.58. The molecule has 0 saturated heterocycles. The van der Waals surface area contributed by atoms with E-state index in [1.165, 1.54) is 12.2 Å². The molecule has 1 aromatic rings. The van der Waals surface area contributed by atoms with Gasteiger partial charge < -0.3 is 10.6 Å². The van der Waals surface area contributed by atoms with E-state index in [0.29, 0.717) is 13.1 Å². The van der Waals surface area contributed by atoms with E-state index >= 15 is 0 Å². The Labute approximate surface area is 144 Å². The van der Waals surface area contributed by atoms with Gasteiger partial charge in [-0.25, -0.2) is 0 Å². The molecule has 0 fully saturated rings. The van der Waals surface area contributed by atoms with Crippen LogP contribution in [0, 0.1) is 0 Å². The van der Waals surface area contributed by atoms with Crippen LogP contribution in [0.4, 0.5) is 0 Å². The summed E-state index contributed by atoms with van der Waals surface area (Å²) in [6, 6.07) is 7.61. The van der Waals surface area contributed by atoms with Crippen LogP contribution in [-0.4, -0.2) is 11.8 Å². The van der Waals surface area contributed by atoms with Gasteiger partial charge in [-0.1, -0.05) is 61.7 Å². The van der Waals surface area contributed by atoms with E-state index in [1.54, 1.807) is 0 Å². The topological polar surface area (TPSA) is 58.2 Å². The molecule has 1 rings (SSSR count). The molecule has 0 radical (unpaired) electrons. The molecule has 1 aromatic carbocycles. The number of benzene rings is 1. The number of rotatable bonds is 7. The molecule has 0 atom stereocenters. The molecule has 4 nitrogen and oxygen atoms in total. The van der Waals surface area contributed by atoms with Crippen molar-refractivity contribution < 1.29 is 9.59 Å². The van der Waals surface area contributed by atoms with Crippen molar-refractivity contribution in [2.24, 2.45) is 0 Å². The van der Waals surface area contributed by atoms with E-state index in [4.69, 9.17) is 0 Å². The van der Waals surface area contributed by atoms with Gasteiger partial charge in [0.1, 0.15) is 0 Å². The molecule has 0 aliphatic rings. The maximum absolute atomic E-state index is 11.0. The monoisotopic (exact) mass is 326 g/mol. The van der Waals surface area contributed by atoms with Crippen LogP contribution >= 0.6 is 0 Å². The molecular weight excluding hydrogens is 300 g/mol. The second-order valence-corrected chi connectivity index (χ2v) is 5.22. The van der Waals surface area contributed by atoms with Crippen LogP contribution in [-0.2, 0) is 22.7 Å². The normalized spacial score (nSPS) is 8.92. The number of hydrogen-bond donors (Lipinski definition) is 2. The van der Waals surface area contributed by atoms with Crippen LogP contribution in [0.15, 0.2) is 73.9 Å². The van der Waals surface area contributed by atoms with Crippen molar-refractivity contribution in [1.29, 1.82) is 0 Å². The van der Waals surface area contributed by atoms with E-state index in [0.717, 1.165) is 22.3 Å². The van der Waals surface area contributed by atoms with Crippen LogP contribution in [0.3, 0.4) is 0 Å². The number of allylic oxidation sites excluding steroid dienone is 2. The standard InChI is InChI=1S/C14H16N2O2.C6H10/c1-3-13(17)15-9-11-6-5-7-12(8-11)10-16-14(18)4-2;1-5(2)6(3)4/h3-8H,1-2,9-10H2,(H,15,17)(H,16,18);1,3H2,2,4H3. The lowest BCUT2D eigenvalue weighted by atomic mass is 10.1. The minimum Gasteiger partial charge on any atom is -0.348 e. The van der Waals surface area contributed by atoms with Gasteiger partial charge in [0.15, 0.2) is 0 Å². The van der Waals surface area contributed by atoms with Crippen LogP contribution in [0.25, 0.3) is 0 Å². The highest BCUT2D eigenvalue weighted by Gasteiger charge is 1.99. The fraction of sp³-hybridized carbons (Fsp3) is 0.200. The lowest BCUT2D eigenvalue weighted by Crippen LogP contribution is -2.21. The molecule has 0 bridgehead atoms. The summed E-state index contributed by atoms with van der Waals surface area (Å²) in [5.41, 5.74) is 4.07. The van der Waals surface area contributed by atoms with Crippen molar-refractivity contribution in [3.8, 4) is 0 Å². The molecule has 2 amide bonds. The van der Waals surface area contributed by atoms with Crippen molar-refractivity contribution >= 4 is 11.8 Å². The van der Waals surface area contributed by atoms with Crippen LogP contribution in [0.5, 0.6) is 0 Å². The summed E-state index contributed by atoms with van der Waals surface area (Å²) >= 11 is 0. The molecule has 0 aromatic heterocycles. The summed E-state index contributed by atoms with van der Waals surface area (Å²) in [4.78, 5) is 22.1. The first-order valence-corrected chi connectivity index (χ1v) is 7.49. The maximum Gasteiger partial charge on any atom is 0.243 e. The summed E-state index contributed by atoms with van der Waals surface area (Å²) in [6.07, 6.45) is 2.46. The second kappa shape index (κ2) is 11.7. The number of carbonyl (C=O) groups is 2. The predicted octanol–water partition coefficient (Wildman–Crippen LogP) is 3.43. The molecule has 2 N–H and O–H groups in total. The zero-order valence-electron chi connectivity index (χ0n) is 14.5. The largest absolute Gasteiger partial charge is 0.348 e. The minimum absolute atomic E-state index is 0.208. The van der Waals surface area contributed by atoms with Crippen LogP contribution < -0.4 is 10.6 Å². The van der Waals surface area contributed by atoms with Crippen LogP contribution in [0.1, 0.15) is 25.0 Å². The number of nitrogens with one attached hydrogen (secondary N) is 2. The lowest BCUT2D eigenvalue weighted by Gasteiger charge is -2.06. The molecule has 0 heterocycles. The highest BCUT2D eigenvalue weighted by atomic mass is 16.2. The Morgan fingerprint density at radius 1 is 0.917 bits per heavy atom. The van der Waals surface area contributed by atoms with E-state index in [1.807, 2.05) is 38.1 Å². The maximum atomic E-state index is 11.0. The van der Waals surface area contributed by atoms with E-state index in [9.17, 15) is 9.59 Å². The minimum atomic E-state index is -0.208. The summed E-state index contributed by atoms with van der Waals surface area (Å²) in [5, 5.41) is 5.38. The fourth-order valence-corrected chi connectivity index (χ4v) is 1.37. The Morgan fingerprint density at radius 2 is 1.29 bits per heavy atom. The molecule has 0 saturated carbocycles. The quantitative estimate of drug-likeness (QED) is 0.596. The van der Waals surface area contributed by atoms with Gasteiger partial charge in [-0.05, 0) is 37.1 Å². The Morgan fingerprint density at radius 3 is 1.58 bits per heavy atom. The fourth-order valence-electron chi connectivity index (χ4n) is 1.37. The third-order valence-corrected chi connectivity index (χ3v) is 3.02. The smallest absolute Gasteiger partial charge is 0.243 e. The molecule has 4 heteroatoms. The van der Waals surface area contributed by atoms with Gasteiger partial charge in [-0.3, -0.25) is 9.59 Å². The highest BCUT2D eigenvalue weighted by Crippen LogP contribution is 2.05. The predicted molar refractivity (Wildman–Crippen MR) is 100 cm³/mol. The second-order valence-electron chi connectivity index (χ2n) is 5.22. The van der Waals surface area contributed by atoms with Gasteiger partial charge >= 0.3 is 0 Å². The van der Waals surface area contributed by atoms with Gasteiger partial charge in [0.05, 0.1) is 0 Å². The zero-order chi connectivity index (χ0) is 18.5. The zero-order valence-corrected chi connectivity index (χ0v) is 14.5. The SMILES string of the molecule is C=C(C)C(=C)C.C=CC(=O)NCc1cccc(CNC(=O)C=C)c1. The Balaban J connectivity index is 0.000000754. The molecule has 0 aliphatic heterocycles. The first-order chi connectivity index (χ1) is 11.3. The first kappa shape index (κ1) is 21.1. The molecule has 0 unspecified atom stereocenters. The lowest BCUT2D eigenvalue weighted by molar-refractivity contribution is -0.117. The van der Waals surface area contributed by atoms with Gasteiger partial charge in [0.2, 0.25) is 11.8 Å². The summed E-state index contributed by atoms with van der Waals surface area (Å²) in [7, 11) is 0. The molecular formula is C20H26N2O2. The first-order valence-electron chi connectivity index (χ1n) is 7.49. The Bertz CT molecular complexity index is 579. The van der Waals surface area contributed by atoms with Gasteiger partial charge in [0.25, 0.3) is 0 Å². The van der Waals surface area contributed by atoms with Crippen molar-refractivity contribution in [3.63, 3.8) is 0 Å². The van der Waals surface area contributed by atoms with Crippen molar-refractivity contribution in [2.45, 2.75) is 26.9 Å². The highest BCUT2D eigenvalue weighted by molar-refractivity contribution is 5.87. The van der Waals surface area contributed by atoms with E-state index in [2.05, 4.69) is 36.9 Å². The van der Waals surface area contributed by atoms with Gasteiger partial charge in [-0.2, -0.15) is 0 Å². The number of amides is 2. The van der Waals surface area contributed by atoms with Crippen molar-refractivity contribution in [3.05, 3.63) is 85.0 Å². The third-order valence-electron chi connectivity index (χ3n) is 3.02. The summed E-state index contributed by atoms with van der Waals surface area (Å²) < 4.78 is 0. The summed E-state index contributed by atoms with van der Waals surface area (Å²) in [6.45, 7) is 18.8. The molecule has 24 heavy (non-hydrogen) atoms. The van der Waals surface area contributed by atoms with Gasteiger partial charge in [-0.15, -0.1) is 0 Å². The van der Waals surface area contributed by atoms with Gasteiger partial charge in [0, 0.05) is 13.1 Å². The number of hydrogen-bond acceptors (Lipinski definition) is 2. The molecule has 0 spiro atoms.